The fourth-order valence-corrected chi connectivity index (χ4v) is 3.19. The smallest absolute Gasteiger partial charge is 0.0707 e. The van der Waals surface area contributed by atoms with Gasteiger partial charge in [0, 0.05) is 30.7 Å². The molecule has 1 aliphatic rings. The van der Waals surface area contributed by atoms with Crippen molar-refractivity contribution >= 4 is 10.9 Å². The molecule has 1 aromatic carbocycles. The molecule has 1 aromatic heterocycles. The van der Waals surface area contributed by atoms with E-state index in [4.69, 9.17) is 0 Å². The topological polar surface area (TPSA) is 16.1 Å². The van der Waals surface area contributed by atoms with E-state index < -0.39 is 0 Å². The molecule has 0 unspecified atom stereocenters. The highest BCUT2D eigenvalue weighted by atomic mass is 15.1. The van der Waals surface area contributed by atoms with Crippen molar-refractivity contribution in [2.24, 2.45) is 0 Å². The third kappa shape index (κ3) is 2.33. The van der Waals surface area contributed by atoms with Gasteiger partial charge in [-0.2, -0.15) is 0 Å². The van der Waals surface area contributed by atoms with Crippen LogP contribution in [0.25, 0.3) is 10.9 Å². The first-order valence-electron chi connectivity index (χ1n) is 7.70. The van der Waals surface area contributed by atoms with Crippen LogP contribution in [0.3, 0.4) is 0 Å². The number of nitrogens with zero attached hydrogens (tertiary/aromatic N) is 2. The van der Waals surface area contributed by atoms with Gasteiger partial charge in [0.2, 0.25) is 0 Å². The maximum absolute atomic E-state index is 4.57. The monoisotopic (exact) mass is 268 g/mol. The molecule has 2 nitrogen and oxygen atoms in total. The van der Waals surface area contributed by atoms with Gasteiger partial charge in [0.05, 0.1) is 5.52 Å². The highest BCUT2D eigenvalue weighted by Gasteiger charge is 2.19. The summed E-state index contributed by atoms with van der Waals surface area (Å²) in [4.78, 5) is 7.13. The minimum Gasteiger partial charge on any atom is -0.296 e. The van der Waals surface area contributed by atoms with Gasteiger partial charge >= 0.3 is 0 Å². The van der Waals surface area contributed by atoms with Crippen LogP contribution in [0.4, 0.5) is 0 Å². The zero-order chi connectivity index (χ0) is 14.3. The summed E-state index contributed by atoms with van der Waals surface area (Å²) in [6.07, 6.45) is 3.10. The summed E-state index contributed by atoms with van der Waals surface area (Å²) in [5, 5.41) is 1.34. The lowest BCUT2D eigenvalue weighted by Gasteiger charge is -2.32. The van der Waals surface area contributed by atoms with Gasteiger partial charge in [0.15, 0.2) is 0 Å². The second-order valence-electron chi connectivity index (χ2n) is 6.51. The van der Waals surface area contributed by atoms with E-state index in [0.717, 1.165) is 18.5 Å². The van der Waals surface area contributed by atoms with E-state index in [9.17, 15) is 0 Å². The molecular weight excluding hydrogens is 244 g/mol. The number of benzene rings is 1. The van der Waals surface area contributed by atoms with Crippen LogP contribution in [0.15, 0.2) is 24.4 Å². The standard InChI is InChI=1S/C18H24N2/c1-12(2)16-5-7-19-18-10-14-6-8-20(13(3)4)11-15(14)9-17(16)18/h5,7,9-10,12-13H,6,8,11H2,1-4H3. The molecule has 0 spiro atoms. The van der Waals surface area contributed by atoms with Crippen molar-refractivity contribution in [2.45, 2.75) is 52.6 Å². The molecule has 0 N–H and O–H groups in total. The van der Waals surface area contributed by atoms with Crippen molar-refractivity contribution in [3.05, 3.63) is 41.1 Å². The number of fused-ring (bicyclic) bond motifs is 2. The lowest BCUT2D eigenvalue weighted by Crippen LogP contribution is -2.35. The van der Waals surface area contributed by atoms with Crippen molar-refractivity contribution in [1.29, 1.82) is 0 Å². The van der Waals surface area contributed by atoms with Crippen molar-refractivity contribution in [2.75, 3.05) is 6.54 Å². The van der Waals surface area contributed by atoms with Crippen LogP contribution < -0.4 is 0 Å². The number of aromatic nitrogens is 1. The molecule has 0 amide bonds. The molecule has 0 aliphatic carbocycles. The summed E-state index contributed by atoms with van der Waals surface area (Å²) >= 11 is 0. The number of hydrogen-bond acceptors (Lipinski definition) is 2. The Morgan fingerprint density at radius 2 is 1.90 bits per heavy atom. The third-order valence-corrected chi connectivity index (χ3v) is 4.49. The van der Waals surface area contributed by atoms with Gasteiger partial charge in [-0.05, 0) is 61.1 Å². The summed E-state index contributed by atoms with van der Waals surface area (Å²) in [7, 11) is 0. The molecule has 2 aromatic rings. The molecule has 3 rings (SSSR count). The number of rotatable bonds is 2. The van der Waals surface area contributed by atoms with Gasteiger partial charge in [0.25, 0.3) is 0 Å². The highest BCUT2D eigenvalue weighted by molar-refractivity contribution is 5.84. The summed E-state index contributed by atoms with van der Waals surface area (Å²) in [6, 6.07) is 7.50. The van der Waals surface area contributed by atoms with Crippen molar-refractivity contribution in [1.82, 2.24) is 9.88 Å². The van der Waals surface area contributed by atoms with Gasteiger partial charge in [-0.3, -0.25) is 9.88 Å². The van der Waals surface area contributed by atoms with Crippen LogP contribution in [0.2, 0.25) is 0 Å². The van der Waals surface area contributed by atoms with E-state index in [0.29, 0.717) is 12.0 Å². The Labute approximate surface area is 121 Å². The van der Waals surface area contributed by atoms with E-state index in [1.54, 1.807) is 0 Å². The molecule has 0 saturated heterocycles. The Kier molecular flexibility index (Phi) is 3.51. The molecule has 1 aliphatic heterocycles. The van der Waals surface area contributed by atoms with Crippen molar-refractivity contribution in [3.8, 4) is 0 Å². The molecule has 0 atom stereocenters. The van der Waals surface area contributed by atoms with Crippen LogP contribution in [-0.2, 0) is 13.0 Å². The summed E-state index contributed by atoms with van der Waals surface area (Å²) in [5.74, 6) is 0.545. The molecule has 0 radical (unpaired) electrons. The van der Waals surface area contributed by atoms with Gasteiger partial charge < -0.3 is 0 Å². The fraction of sp³-hybridized carbons (Fsp3) is 0.500. The quantitative estimate of drug-likeness (QED) is 0.814. The van der Waals surface area contributed by atoms with Gasteiger partial charge in [-0.1, -0.05) is 13.8 Å². The lowest BCUT2D eigenvalue weighted by atomic mass is 9.92. The van der Waals surface area contributed by atoms with Crippen LogP contribution in [-0.4, -0.2) is 22.5 Å². The Morgan fingerprint density at radius 3 is 2.60 bits per heavy atom. The van der Waals surface area contributed by atoms with E-state index in [1.165, 1.54) is 28.6 Å². The predicted molar refractivity (Wildman–Crippen MR) is 85.1 cm³/mol. The molecule has 0 bridgehead atoms. The first-order chi connectivity index (χ1) is 9.56. The lowest BCUT2D eigenvalue weighted by molar-refractivity contribution is 0.203. The van der Waals surface area contributed by atoms with Crippen molar-refractivity contribution in [3.63, 3.8) is 0 Å². The molecular formula is C18H24N2. The van der Waals surface area contributed by atoms with E-state index in [-0.39, 0.29) is 0 Å². The molecule has 2 heteroatoms. The van der Waals surface area contributed by atoms with Gasteiger partial charge in [-0.25, -0.2) is 0 Å². The minimum absolute atomic E-state index is 0.545. The average molecular weight is 268 g/mol. The normalized spacial score (nSPS) is 16.1. The Hall–Kier alpha value is -1.41. The number of pyridine rings is 1. The maximum Gasteiger partial charge on any atom is 0.0707 e. The molecule has 0 fully saturated rings. The summed E-state index contributed by atoms with van der Waals surface area (Å²) in [5.41, 5.74) is 5.56. The van der Waals surface area contributed by atoms with E-state index in [1.807, 2.05) is 6.20 Å². The van der Waals surface area contributed by atoms with Crippen LogP contribution >= 0.6 is 0 Å². The Morgan fingerprint density at radius 1 is 1.10 bits per heavy atom. The Bertz CT molecular complexity index is 629. The highest BCUT2D eigenvalue weighted by Crippen LogP contribution is 2.29. The molecule has 2 heterocycles. The van der Waals surface area contributed by atoms with E-state index >= 15 is 0 Å². The largest absolute Gasteiger partial charge is 0.296 e. The fourth-order valence-electron chi connectivity index (χ4n) is 3.19. The number of hydrogen-bond donors (Lipinski definition) is 0. The first kappa shape index (κ1) is 13.6. The zero-order valence-electron chi connectivity index (χ0n) is 13.0. The SMILES string of the molecule is CC(C)c1ccnc2cc3c(cc12)CN(C(C)C)CC3. The predicted octanol–water partition coefficient (Wildman–Crippen LogP) is 4.12. The van der Waals surface area contributed by atoms with Gasteiger partial charge in [-0.15, -0.1) is 0 Å². The Balaban J connectivity index is 2.11. The molecule has 20 heavy (non-hydrogen) atoms. The van der Waals surface area contributed by atoms with Crippen molar-refractivity contribution < 1.29 is 0 Å². The first-order valence-corrected chi connectivity index (χ1v) is 7.70. The molecule has 0 saturated carbocycles. The van der Waals surface area contributed by atoms with Crippen LogP contribution in [0.1, 0.15) is 50.3 Å². The summed E-state index contributed by atoms with van der Waals surface area (Å²) in [6.45, 7) is 11.3. The minimum atomic E-state index is 0.545. The second-order valence-corrected chi connectivity index (χ2v) is 6.51. The zero-order valence-corrected chi connectivity index (χ0v) is 13.0. The molecule has 106 valence electrons. The summed E-state index contributed by atoms with van der Waals surface area (Å²) < 4.78 is 0. The van der Waals surface area contributed by atoms with E-state index in [2.05, 4.69) is 55.8 Å². The second kappa shape index (κ2) is 5.17. The van der Waals surface area contributed by atoms with Gasteiger partial charge in [0.1, 0.15) is 0 Å². The third-order valence-electron chi connectivity index (χ3n) is 4.49. The average Bonchev–Trinajstić information content (AvgIpc) is 2.43. The van der Waals surface area contributed by atoms with Crippen LogP contribution in [0.5, 0.6) is 0 Å². The maximum atomic E-state index is 4.57. The van der Waals surface area contributed by atoms with Crippen LogP contribution in [0, 0.1) is 0 Å².